The minimum atomic E-state index is -0.935. The van der Waals surface area contributed by atoms with Gasteiger partial charge in [-0.2, -0.15) is 0 Å². The largest absolute Gasteiger partial charge is 0.493 e. The van der Waals surface area contributed by atoms with Crippen LogP contribution >= 0.6 is 0 Å². The monoisotopic (exact) mass is 408 g/mol. The summed E-state index contributed by atoms with van der Waals surface area (Å²) in [6.07, 6.45) is 10.3. The summed E-state index contributed by atoms with van der Waals surface area (Å²) in [6.45, 7) is 17.8. The van der Waals surface area contributed by atoms with Gasteiger partial charge < -0.3 is 9.84 Å². The number of aliphatic carboxylic acids is 1. The first-order valence-corrected chi connectivity index (χ1v) is 10.7. The molecule has 1 aliphatic carbocycles. The molecule has 3 nitrogen and oxygen atoms in total. The fourth-order valence-corrected chi connectivity index (χ4v) is 3.91. The van der Waals surface area contributed by atoms with Gasteiger partial charge in [0.15, 0.2) is 0 Å². The van der Waals surface area contributed by atoms with Crippen LogP contribution in [0.15, 0.2) is 48.1 Å². The maximum atomic E-state index is 10.8. The number of hydrogen-bond acceptors (Lipinski definition) is 2. The lowest BCUT2D eigenvalue weighted by Gasteiger charge is -2.37. The molecular weight excluding hydrogens is 372 g/mol. The van der Waals surface area contributed by atoms with E-state index in [4.69, 9.17) is 9.84 Å². The van der Waals surface area contributed by atoms with Gasteiger partial charge in [-0.1, -0.05) is 58.9 Å². The molecule has 0 unspecified atom stereocenters. The van der Waals surface area contributed by atoms with Gasteiger partial charge in [-0.25, -0.2) is 4.79 Å². The van der Waals surface area contributed by atoms with Crippen LogP contribution in [0.5, 0.6) is 5.75 Å². The van der Waals surface area contributed by atoms with Crippen molar-refractivity contribution in [1.82, 2.24) is 0 Å². The topological polar surface area (TPSA) is 46.5 Å². The van der Waals surface area contributed by atoms with E-state index in [9.17, 15) is 4.79 Å². The molecule has 2 rings (SSSR count). The first-order valence-electron chi connectivity index (χ1n) is 10.7. The minimum Gasteiger partial charge on any atom is -0.493 e. The molecule has 0 fully saturated rings. The molecule has 0 radical (unpaired) electrons. The smallest absolute Gasteiger partial charge is 0.328 e. The van der Waals surface area contributed by atoms with Gasteiger partial charge in [-0.05, 0) is 78.0 Å². The Morgan fingerprint density at radius 2 is 1.90 bits per heavy atom. The third kappa shape index (κ3) is 5.53. The van der Waals surface area contributed by atoms with Gasteiger partial charge in [0.1, 0.15) is 5.75 Å². The molecule has 0 saturated heterocycles. The maximum absolute atomic E-state index is 10.8. The average molecular weight is 409 g/mol. The fourth-order valence-electron chi connectivity index (χ4n) is 3.91. The number of allylic oxidation sites excluding steroid dienone is 7. The van der Waals surface area contributed by atoms with Gasteiger partial charge in [-0.3, -0.25) is 0 Å². The van der Waals surface area contributed by atoms with E-state index in [1.54, 1.807) is 13.0 Å². The standard InChI is InChI=1S/C27H36O3/c1-9-30-24-17-23-21(22(26(4,5)6)13-14-27(23,7)8)16-20(24)19(3)12-10-11-18(2)15-25(28)29/h10-13,15-17H,9,14H2,1-8H3,(H,28,29)/b11-10+,18-15+,19-12-. The molecule has 0 spiro atoms. The lowest BCUT2D eigenvalue weighted by molar-refractivity contribution is -0.131. The van der Waals surface area contributed by atoms with Crippen LogP contribution in [0, 0.1) is 5.41 Å². The summed E-state index contributed by atoms with van der Waals surface area (Å²) in [5.74, 6) is -0.0327. The second kappa shape index (κ2) is 9.07. The second-order valence-electron chi connectivity index (χ2n) is 9.72. The zero-order valence-electron chi connectivity index (χ0n) is 19.7. The Morgan fingerprint density at radius 1 is 1.23 bits per heavy atom. The summed E-state index contributed by atoms with van der Waals surface area (Å²) in [5, 5.41) is 8.86. The summed E-state index contributed by atoms with van der Waals surface area (Å²) >= 11 is 0. The number of carboxylic acid groups (broad SMARTS) is 1. The summed E-state index contributed by atoms with van der Waals surface area (Å²) in [4.78, 5) is 10.8. The summed E-state index contributed by atoms with van der Waals surface area (Å²) in [6, 6.07) is 4.50. The predicted molar refractivity (Wildman–Crippen MR) is 127 cm³/mol. The number of rotatable bonds is 6. The van der Waals surface area contributed by atoms with Crippen LogP contribution in [-0.2, 0) is 10.2 Å². The molecule has 1 aliphatic rings. The van der Waals surface area contributed by atoms with Gasteiger partial charge in [0.25, 0.3) is 0 Å². The number of fused-ring (bicyclic) bond motifs is 1. The molecule has 162 valence electrons. The van der Waals surface area contributed by atoms with Crippen molar-refractivity contribution in [1.29, 1.82) is 0 Å². The van der Waals surface area contributed by atoms with Crippen LogP contribution in [0.3, 0.4) is 0 Å². The predicted octanol–water partition coefficient (Wildman–Crippen LogP) is 7.19. The fraction of sp³-hybridized carbons (Fsp3) is 0.444. The second-order valence-corrected chi connectivity index (χ2v) is 9.72. The summed E-state index contributed by atoms with van der Waals surface area (Å²) in [5.41, 5.74) is 7.00. The first kappa shape index (κ1) is 23.7. The van der Waals surface area contributed by atoms with Crippen LogP contribution < -0.4 is 4.74 Å². The van der Waals surface area contributed by atoms with Crippen molar-refractivity contribution in [2.75, 3.05) is 6.61 Å². The van der Waals surface area contributed by atoms with E-state index >= 15 is 0 Å². The molecule has 1 N–H and O–H groups in total. The average Bonchev–Trinajstić information content (AvgIpc) is 2.60. The quantitative estimate of drug-likeness (QED) is 0.400. The highest BCUT2D eigenvalue weighted by Crippen LogP contribution is 2.48. The van der Waals surface area contributed by atoms with E-state index in [1.807, 2.05) is 19.1 Å². The molecule has 0 saturated carbocycles. The third-order valence-electron chi connectivity index (χ3n) is 5.54. The Hall–Kier alpha value is -2.55. The third-order valence-corrected chi connectivity index (χ3v) is 5.54. The molecule has 30 heavy (non-hydrogen) atoms. The van der Waals surface area contributed by atoms with E-state index in [2.05, 4.69) is 59.8 Å². The van der Waals surface area contributed by atoms with Gasteiger partial charge in [0.2, 0.25) is 0 Å². The van der Waals surface area contributed by atoms with Gasteiger partial charge in [0, 0.05) is 11.6 Å². The molecule has 0 aliphatic heterocycles. The number of carboxylic acids is 1. The van der Waals surface area contributed by atoms with E-state index in [-0.39, 0.29) is 10.8 Å². The number of carbonyl (C=O) groups is 1. The van der Waals surface area contributed by atoms with Crippen LogP contribution in [0.4, 0.5) is 0 Å². The Balaban J connectivity index is 2.60. The lowest BCUT2D eigenvalue weighted by atomic mass is 9.67. The first-order chi connectivity index (χ1) is 13.9. The molecule has 1 aromatic carbocycles. The Bertz CT molecular complexity index is 932. The van der Waals surface area contributed by atoms with Crippen LogP contribution in [-0.4, -0.2) is 17.7 Å². The van der Waals surface area contributed by atoms with Crippen LogP contribution in [0.2, 0.25) is 0 Å². The van der Waals surface area contributed by atoms with Gasteiger partial charge in [-0.15, -0.1) is 0 Å². The summed E-state index contributed by atoms with van der Waals surface area (Å²) in [7, 11) is 0. The van der Waals surface area contributed by atoms with E-state index < -0.39 is 5.97 Å². The maximum Gasteiger partial charge on any atom is 0.328 e. The minimum absolute atomic E-state index is 0.0602. The zero-order valence-corrected chi connectivity index (χ0v) is 19.7. The zero-order chi connectivity index (χ0) is 22.7. The van der Waals surface area contributed by atoms with Crippen LogP contribution in [0.1, 0.15) is 78.5 Å². The van der Waals surface area contributed by atoms with E-state index in [0.29, 0.717) is 12.2 Å². The van der Waals surface area contributed by atoms with Gasteiger partial charge >= 0.3 is 5.97 Å². The van der Waals surface area contributed by atoms with Crippen molar-refractivity contribution in [3.8, 4) is 5.75 Å². The van der Waals surface area contributed by atoms with Crippen LogP contribution in [0.25, 0.3) is 11.1 Å². The van der Waals surface area contributed by atoms with Crippen molar-refractivity contribution in [3.05, 3.63) is 64.8 Å². The van der Waals surface area contributed by atoms with Crippen molar-refractivity contribution >= 4 is 17.1 Å². The molecular formula is C27H36O3. The van der Waals surface area contributed by atoms with Crippen molar-refractivity contribution in [2.24, 2.45) is 5.41 Å². The molecule has 0 heterocycles. The molecule has 3 heteroatoms. The van der Waals surface area contributed by atoms with Gasteiger partial charge in [0.05, 0.1) is 6.61 Å². The SMILES string of the molecule is CCOc1cc2c(cc1\C(C)=C/C=C/C(C)=C/C(=O)O)C(C(C)(C)C)=CCC2(C)C. The highest BCUT2D eigenvalue weighted by atomic mass is 16.5. The number of benzene rings is 1. The Labute approximate surface area is 181 Å². The molecule has 0 atom stereocenters. The lowest BCUT2D eigenvalue weighted by Crippen LogP contribution is -2.25. The van der Waals surface area contributed by atoms with Crippen molar-refractivity contribution in [2.45, 2.75) is 67.2 Å². The summed E-state index contributed by atoms with van der Waals surface area (Å²) < 4.78 is 6.04. The molecule has 0 amide bonds. The molecule has 0 aromatic heterocycles. The highest BCUT2D eigenvalue weighted by Gasteiger charge is 2.33. The molecule has 0 bridgehead atoms. The van der Waals surface area contributed by atoms with Crippen molar-refractivity contribution < 1.29 is 14.6 Å². The van der Waals surface area contributed by atoms with E-state index in [1.165, 1.54) is 22.8 Å². The normalized spacial score (nSPS) is 17.0. The highest BCUT2D eigenvalue weighted by molar-refractivity contribution is 5.82. The Morgan fingerprint density at radius 3 is 2.47 bits per heavy atom. The Kier molecular flexibility index (Phi) is 7.18. The molecule has 1 aromatic rings. The number of hydrogen-bond donors (Lipinski definition) is 1. The number of ether oxygens (including phenoxy) is 1. The van der Waals surface area contributed by atoms with Crippen molar-refractivity contribution in [3.63, 3.8) is 0 Å². The van der Waals surface area contributed by atoms with E-state index in [0.717, 1.165) is 23.3 Å².